The van der Waals surface area contributed by atoms with Crippen molar-refractivity contribution < 1.29 is 4.79 Å². The van der Waals surface area contributed by atoms with E-state index in [2.05, 4.69) is 28.9 Å². The third kappa shape index (κ3) is 3.42. The number of carbonyl (C=O) groups excluding carboxylic acids is 1. The van der Waals surface area contributed by atoms with Crippen LogP contribution in [0.1, 0.15) is 31.3 Å². The van der Waals surface area contributed by atoms with E-state index in [-0.39, 0.29) is 5.91 Å². The van der Waals surface area contributed by atoms with Gasteiger partial charge in [-0.3, -0.25) is 4.79 Å². The number of para-hydroxylation sites is 1. The molecular weight excluding hydrogens is 276 g/mol. The molecule has 0 bridgehead atoms. The maximum absolute atomic E-state index is 12.6. The van der Waals surface area contributed by atoms with Crippen LogP contribution in [0.3, 0.4) is 0 Å². The molecule has 0 saturated carbocycles. The van der Waals surface area contributed by atoms with Crippen LogP contribution in [0.5, 0.6) is 0 Å². The monoisotopic (exact) mass is 298 g/mol. The summed E-state index contributed by atoms with van der Waals surface area (Å²) in [6.45, 7) is 8.40. The minimum absolute atomic E-state index is 0.132. The number of aromatic nitrogens is 2. The van der Waals surface area contributed by atoms with Crippen LogP contribution in [-0.2, 0) is 0 Å². The molecule has 0 aliphatic heterocycles. The van der Waals surface area contributed by atoms with Crippen LogP contribution in [0.4, 0.5) is 11.5 Å². The van der Waals surface area contributed by atoms with Crippen molar-refractivity contribution in [3.05, 3.63) is 48.2 Å². The molecule has 0 saturated heterocycles. The fourth-order valence-electron chi connectivity index (χ4n) is 2.35. The van der Waals surface area contributed by atoms with Gasteiger partial charge in [0.1, 0.15) is 0 Å². The number of hydrogen-bond donors (Lipinski definition) is 0. The number of amides is 1. The Morgan fingerprint density at radius 1 is 0.909 bits per heavy atom. The molecule has 0 fully saturated rings. The first-order valence-electron chi connectivity index (χ1n) is 7.66. The van der Waals surface area contributed by atoms with Crippen LogP contribution >= 0.6 is 0 Å². The lowest BCUT2D eigenvalue weighted by Crippen LogP contribution is -2.31. The molecule has 0 aliphatic rings. The summed E-state index contributed by atoms with van der Waals surface area (Å²) in [6, 6.07) is 13.2. The molecule has 1 aromatic carbocycles. The van der Waals surface area contributed by atoms with Crippen LogP contribution < -0.4 is 9.80 Å². The highest BCUT2D eigenvalue weighted by molar-refractivity contribution is 6.04. The lowest BCUT2D eigenvalue weighted by molar-refractivity contribution is 0.0982. The molecule has 22 heavy (non-hydrogen) atoms. The van der Waals surface area contributed by atoms with Crippen molar-refractivity contribution >= 4 is 17.4 Å². The van der Waals surface area contributed by atoms with E-state index >= 15 is 0 Å². The Hall–Kier alpha value is -2.43. The molecule has 0 radical (unpaired) electrons. The van der Waals surface area contributed by atoms with E-state index in [0.717, 1.165) is 24.6 Å². The van der Waals surface area contributed by atoms with Gasteiger partial charge >= 0.3 is 0 Å². The zero-order valence-electron chi connectivity index (χ0n) is 13.4. The third-order valence-electron chi connectivity index (χ3n) is 3.59. The van der Waals surface area contributed by atoms with Crippen molar-refractivity contribution in [2.45, 2.75) is 20.8 Å². The molecule has 116 valence electrons. The van der Waals surface area contributed by atoms with E-state index in [9.17, 15) is 4.79 Å². The summed E-state index contributed by atoms with van der Waals surface area (Å²) in [7, 11) is 0. The van der Waals surface area contributed by atoms with Crippen LogP contribution in [0.2, 0.25) is 0 Å². The van der Waals surface area contributed by atoms with Gasteiger partial charge in [-0.2, -0.15) is 0 Å². The van der Waals surface area contributed by atoms with Crippen molar-refractivity contribution in [2.75, 3.05) is 29.4 Å². The quantitative estimate of drug-likeness (QED) is 0.822. The molecule has 2 rings (SSSR count). The van der Waals surface area contributed by atoms with Crippen molar-refractivity contribution in [3.63, 3.8) is 0 Å². The summed E-state index contributed by atoms with van der Waals surface area (Å²) in [4.78, 5) is 16.4. The van der Waals surface area contributed by atoms with Gasteiger partial charge < -0.3 is 9.80 Å². The molecule has 1 heterocycles. The predicted molar refractivity (Wildman–Crippen MR) is 89.4 cm³/mol. The van der Waals surface area contributed by atoms with Gasteiger partial charge in [0.15, 0.2) is 11.5 Å². The summed E-state index contributed by atoms with van der Waals surface area (Å²) in [5.41, 5.74) is 1.23. The van der Waals surface area contributed by atoms with E-state index in [1.165, 1.54) is 0 Å². The molecule has 0 N–H and O–H groups in total. The van der Waals surface area contributed by atoms with Crippen LogP contribution in [-0.4, -0.2) is 35.7 Å². The second-order valence-electron chi connectivity index (χ2n) is 4.83. The second kappa shape index (κ2) is 7.54. The first-order valence-corrected chi connectivity index (χ1v) is 7.66. The SMILES string of the molecule is CCN(CC)c1ccc(C(=O)N(CC)c2ccccc2)nn1. The molecular formula is C17H22N4O. The van der Waals surface area contributed by atoms with E-state index < -0.39 is 0 Å². The smallest absolute Gasteiger partial charge is 0.278 e. The minimum Gasteiger partial charge on any atom is -0.356 e. The third-order valence-corrected chi connectivity index (χ3v) is 3.59. The van der Waals surface area contributed by atoms with Crippen LogP contribution in [0, 0.1) is 0 Å². The van der Waals surface area contributed by atoms with Gasteiger partial charge in [-0.1, -0.05) is 18.2 Å². The summed E-state index contributed by atoms with van der Waals surface area (Å²) >= 11 is 0. The van der Waals surface area contributed by atoms with E-state index in [4.69, 9.17) is 0 Å². The summed E-state index contributed by atoms with van der Waals surface area (Å²) in [6.07, 6.45) is 0. The number of carbonyl (C=O) groups is 1. The highest BCUT2D eigenvalue weighted by Gasteiger charge is 2.18. The zero-order valence-corrected chi connectivity index (χ0v) is 13.4. The van der Waals surface area contributed by atoms with Gasteiger partial charge in [0.2, 0.25) is 0 Å². The fourth-order valence-corrected chi connectivity index (χ4v) is 2.35. The number of nitrogens with zero attached hydrogens (tertiary/aromatic N) is 4. The largest absolute Gasteiger partial charge is 0.356 e. The molecule has 0 atom stereocenters. The lowest BCUT2D eigenvalue weighted by Gasteiger charge is -2.21. The normalized spacial score (nSPS) is 10.3. The highest BCUT2D eigenvalue weighted by atomic mass is 16.2. The molecule has 5 heteroatoms. The highest BCUT2D eigenvalue weighted by Crippen LogP contribution is 2.16. The molecule has 0 unspecified atom stereocenters. The first kappa shape index (κ1) is 15.9. The Balaban J connectivity index is 2.21. The average Bonchev–Trinajstić information content (AvgIpc) is 2.58. The molecule has 1 amide bonds. The Labute approximate surface area is 131 Å². The molecule has 2 aromatic rings. The van der Waals surface area contributed by atoms with E-state index in [1.807, 2.05) is 43.3 Å². The second-order valence-corrected chi connectivity index (χ2v) is 4.83. The number of anilines is 2. The topological polar surface area (TPSA) is 49.3 Å². The number of benzene rings is 1. The van der Waals surface area contributed by atoms with Crippen molar-refractivity contribution in [1.29, 1.82) is 0 Å². The number of rotatable bonds is 6. The molecule has 0 aliphatic carbocycles. The van der Waals surface area contributed by atoms with Crippen molar-refractivity contribution in [1.82, 2.24) is 10.2 Å². The Morgan fingerprint density at radius 3 is 2.09 bits per heavy atom. The predicted octanol–water partition coefficient (Wildman–Crippen LogP) is 2.99. The van der Waals surface area contributed by atoms with Gasteiger partial charge in [0.25, 0.3) is 5.91 Å². The van der Waals surface area contributed by atoms with E-state index in [1.54, 1.807) is 11.0 Å². The van der Waals surface area contributed by atoms with Gasteiger partial charge in [0.05, 0.1) is 0 Å². The van der Waals surface area contributed by atoms with Crippen LogP contribution in [0.25, 0.3) is 0 Å². The summed E-state index contributed by atoms with van der Waals surface area (Å²) in [5.74, 6) is 0.664. The van der Waals surface area contributed by atoms with Crippen molar-refractivity contribution in [2.24, 2.45) is 0 Å². The first-order chi connectivity index (χ1) is 10.7. The van der Waals surface area contributed by atoms with Gasteiger partial charge in [-0.05, 0) is 45.0 Å². The molecule has 0 spiro atoms. The van der Waals surface area contributed by atoms with Gasteiger partial charge in [0, 0.05) is 25.3 Å². The average molecular weight is 298 g/mol. The lowest BCUT2D eigenvalue weighted by atomic mass is 10.2. The standard InChI is InChI=1S/C17H22N4O/c1-4-20(5-2)16-13-12-15(18-19-16)17(22)21(6-3)14-10-8-7-9-11-14/h7-13H,4-6H2,1-3H3. The maximum Gasteiger partial charge on any atom is 0.278 e. The molecule has 1 aromatic heterocycles. The number of hydrogen-bond acceptors (Lipinski definition) is 4. The minimum atomic E-state index is -0.132. The zero-order chi connectivity index (χ0) is 15.9. The summed E-state index contributed by atoms with van der Waals surface area (Å²) < 4.78 is 0. The maximum atomic E-state index is 12.6. The summed E-state index contributed by atoms with van der Waals surface area (Å²) in [5, 5.41) is 8.29. The van der Waals surface area contributed by atoms with Gasteiger partial charge in [-0.25, -0.2) is 0 Å². The van der Waals surface area contributed by atoms with Crippen LogP contribution in [0.15, 0.2) is 42.5 Å². The van der Waals surface area contributed by atoms with Gasteiger partial charge in [-0.15, -0.1) is 10.2 Å². The Bertz CT molecular complexity index is 594. The molecule has 5 nitrogen and oxygen atoms in total. The van der Waals surface area contributed by atoms with Crippen molar-refractivity contribution in [3.8, 4) is 0 Å². The Kier molecular flexibility index (Phi) is 5.47. The fraction of sp³-hybridized carbons (Fsp3) is 0.353. The Morgan fingerprint density at radius 2 is 1.59 bits per heavy atom. The van der Waals surface area contributed by atoms with E-state index in [0.29, 0.717) is 12.2 Å².